The van der Waals surface area contributed by atoms with Gasteiger partial charge in [-0.2, -0.15) is 0 Å². The Balaban J connectivity index is 1.73. The molecule has 0 spiro atoms. The van der Waals surface area contributed by atoms with Crippen LogP contribution in [0.4, 0.5) is 0 Å². The molecule has 1 aliphatic rings. The maximum Gasteiger partial charge on any atom is 0.308 e. The molecule has 18 heavy (non-hydrogen) atoms. The Morgan fingerprint density at radius 2 is 2.17 bits per heavy atom. The summed E-state index contributed by atoms with van der Waals surface area (Å²) < 4.78 is 0. The molecule has 1 aliphatic carbocycles. The number of aliphatic carboxylic acids is 1. The van der Waals surface area contributed by atoms with Gasteiger partial charge in [0.2, 0.25) is 0 Å². The molecule has 4 heteroatoms. The van der Waals surface area contributed by atoms with Gasteiger partial charge in [-0.05, 0) is 36.8 Å². The van der Waals surface area contributed by atoms with Crippen molar-refractivity contribution >= 4 is 17.3 Å². The highest BCUT2D eigenvalue weighted by Crippen LogP contribution is 2.48. The van der Waals surface area contributed by atoms with Crippen LogP contribution in [-0.2, 0) is 17.8 Å². The maximum absolute atomic E-state index is 10.6. The number of nitrogens with one attached hydrogen (secondary N) is 1. The average Bonchev–Trinajstić information content (AvgIpc) is 2.91. The molecule has 2 rings (SSSR count). The van der Waals surface area contributed by atoms with Crippen molar-refractivity contribution in [2.75, 3.05) is 6.54 Å². The summed E-state index contributed by atoms with van der Waals surface area (Å²) in [5, 5.41) is 12.2. The predicted molar refractivity (Wildman–Crippen MR) is 73.9 cm³/mol. The van der Waals surface area contributed by atoms with Crippen molar-refractivity contribution in [3.8, 4) is 0 Å². The summed E-state index contributed by atoms with van der Waals surface area (Å²) in [5.41, 5.74) is 0.579. The van der Waals surface area contributed by atoms with Gasteiger partial charge in [-0.15, -0.1) is 11.3 Å². The van der Waals surface area contributed by atoms with Crippen LogP contribution in [0.1, 0.15) is 42.4 Å². The van der Waals surface area contributed by atoms with E-state index in [-0.39, 0.29) is 6.42 Å². The van der Waals surface area contributed by atoms with Crippen molar-refractivity contribution < 1.29 is 9.90 Å². The van der Waals surface area contributed by atoms with E-state index in [1.165, 1.54) is 30.6 Å². The number of carboxylic acids is 1. The summed E-state index contributed by atoms with van der Waals surface area (Å²) in [4.78, 5) is 12.8. The third kappa shape index (κ3) is 3.82. The minimum Gasteiger partial charge on any atom is -0.481 e. The first-order valence-corrected chi connectivity index (χ1v) is 7.45. The van der Waals surface area contributed by atoms with Crippen LogP contribution in [0.5, 0.6) is 0 Å². The van der Waals surface area contributed by atoms with E-state index in [2.05, 4.69) is 12.2 Å². The molecule has 0 aromatic carbocycles. The van der Waals surface area contributed by atoms with E-state index < -0.39 is 5.97 Å². The van der Waals surface area contributed by atoms with E-state index >= 15 is 0 Å². The maximum atomic E-state index is 10.6. The summed E-state index contributed by atoms with van der Waals surface area (Å²) >= 11 is 1.60. The Bertz CT molecular complexity index is 410. The van der Waals surface area contributed by atoms with Crippen molar-refractivity contribution in [2.24, 2.45) is 5.41 Å². The summed E-state index contributed by atoms with van der Waals surface area (Å²) in [6.45, 7) is 4.22. The molecule has 0 bridgehead atoms. The standard InChI is InChI=1S/C14H21NO2S/c1-2-5-14(6-7-14)10-15-9-12-4-3-11(18-12)8-13(16)17/h3-4,15H,2,5-10H2,1H3,(H,16,17). The first kappa shape index (κ1) is 13.6. The summed E-state index contributed by atoms with van der Waals surface area (Å²) in [6, 6.07) is 3.96. The fourth-order valence-electron chi connectivity index (χ4n) is 2.43. The summed E-state index contributed by atoms with van der Waals surface area (Å²) in [6.07, 6.45) is 5.47. The van der Waals surface area contributed by atoms with Gasteiger partial charge in [-0.25, -0.2) is 0 Å². The minimum absolute atomic E-state index is 0.143. The van der Waals surface area contributed by atoms with Crippen molar-refractivity contribution in [1.82, 2.24) is 5.32 Å². The monoisotopic (exact) mass is 267 g/mol. The number of rotatable bonds is 8. The average molecular weight is 267 g/mol. The van der Waals surface area contributed by atoms with E-state index in [0.29, 0.717) is 5.41 Å². The molecule has 0 aliphatic heterocycles. The third-order valence-electron chi connectivity index (χ3n) is 3.58. The SMILES string of the molecule is CCCC1(CNCc2ccc(CC(=O)O)s2)CC1. The quantitative estimate of drug-likeness (QED) is 0.761. The van der Waals surface area contributed by atoms with Gasteiger partial charge >= 0.3 is 5.97 Å². The normalized spacial score (nSPS) is 16.7. The van der Waals surface area contributed by atoms with Crippen LogP contribution in [0.25, 0.3) is 0 Å². The van der Waals surface area contributed by atoms with Crippen molar-refractivity contribution in [2.45, 2.75) is 45.6 Å². The molecule has 2 N–H and O–H groups in total. The molecular formula is C14H21NO2S. The lowest BCUT2D eigenvalue weighted by Gasteiger charge is -2.14. The molecule has 1 saturated carbocycles. The van der Waals surface area contributed by atoms with Gasteiger partial charge in [0, 0.05) is 22.8 Å². The van der Waals surface area contributed by atoms with Crippen LogP contribution in [0.15, 0.2) is 12.1 Å². The molecule has 0 unspecified atom stereocenters. The lowest BCUT2D eigenvalue weighted by atomic mass is 10.0. The number of carboxylic acid groups (broad SMARTS) is 1. The lowest BCUT2D eigenvalue weighted by molar-refractivity contribution is -0.136. The van der Waals surface area contributed by atoms with Crippen molar-refractivity contribution in [3.05, 3.63) is 21.9 Å². The molecule has 0 saturated heterocycles. The fourth-order valence-corrected chi connectivity index (χ4v) is 3.41. The van der Waals surface area contributed by atoms with E-state index in [0.717, 1.165) is 18.0 Å². The van der Waals surface area contributed by atoms with Crippen molar-refractivity contribution in [3.63, 3.8) is 0 Å². The number of hydrogen-bond donors (Lipinski definition) is 2. The Morgan fingerprint density at radius 3 is 2.78 bits per heavy atom. The highest BCUT2D eigenvalue weighted by Gasteiger charge is 2.40. The minimum atomic E-state index is -0.753. The number of carbonyl (C=O) groups is 1. The second kappa shape index (κ2) is 5.85. The van der Waals surface area contributed by atoms with Crippen LogP contribution < -0.4 is 5.32 Å². The predicted octanol–water partition coefficient (Wildman–Crippen LogP) is 3.05. The van der Waals surface area contributed by atoms with Crippen LogP contribution >= 0.6 is 11.3 Å². The molecule has 100 valence electrons. The Hall–Kier alpha value is -0.870. The van der Waals surface area contributed by atoms with Crippen molar-refractivity contribution in [1.29, 1.82) is 0 Å². The van der Waals surface area contributed by atoms with E-state index in [9.17, 15) is 4.79 Å². The first-order valence-electron chi connectivity index (χ1n) is 6.64. The first-order chi connectivity index (χ1) is 8.63. The van der Waals surface area contributed by atoms with Gasteiger partial charge in [0.25, 0.3) is 0 Å². The van der Waals surface area contributed by atoms with Gasteiger partial charge in [0.15, 0.2) is 0 Å². The van der Waals surface area contributed by atoms with Gasteiger partial charge in [-0.3, -0.25) is 4.79 Å². The molecule has 1 aromatic heterocycles. The third-order valence-corrected chi connectivity index (χ3v) is 4.66. The highest BCUT2D eigenvalue weighted by molar-refractivity contribution is 7.12. The second-order valence-corrected chi connectivity index (χ2v) is 6.54. The fraction of sp³-hybridized carbons (Fsp3) is 0.643. The largest absolute Gasteiger partial charge is 0.481 e. The Morgan fingerprint density at radius 1 is 1.44 bits per heavy atom. The smallest absolute Gasteiger partial charge is 0.308 e. The van der Waals surface area contributed by atoms with E-state index in [1.807, 2.05) is 12.1 Å². The number of thiophene rings is 1. The van der Waals surface area contributed by atoms with Gasteiger partial charge < -0.3 is 10.4 Å². The van der Waals surface area contributed by atoms with Gasteiger partial charge in [-0.1, -0.05) is 13.3 Å². The Kier molecular flexibility index (Phi) is 4.40. The molecule has 1 heterocycles. The molecule has 1 fully saturated rings. The second-order valence-electron chi connectivity index (χ2n) is 5.29. The Labute approximate surface area is 112 Å². The lowest BCUT2D eigenvalue weighted by Crippen LogP contribution is -2.23. The molecule has 3 nitrogen and oxygen atoms in total. The van der Waals surface area contributed by atoms with Gasteiger partial charge in [0.1, 0.15) is 0 Å². The number of hydrogen-bond acceptors (Lipinski definition) is 3. The summed E-state index contributed by atoms with van der Waals surface area (Å²) in [5.74, 6) is -0.753. The van der Waals surface area contributed by atoms with Crippen LogP contribution in [0.3, 0.4) is 0 Å². The topological polar surface area (TPSA) is 49.3 Å². The van der Waals surface area contributed by atoms with E-state index in [4.69, 9.17) is 5.11 Å². The van der Waals surface area contributed by atoms with Crippen LogP contribution in [0, 0.1) is 5.41 Å². The molecule has 1 aromatic rings. The van der Waals surface area contributed by atoms with Crippen LogP contribution in [-0.4, -0.2) is 17.6 Å². The van der Waals surface area contributed by atoms with E-state index in [1.54, 1.807) is 11.3 Å². The molecular weight excluding hydrogens is 246 g/mol. The zero-order valence-corrected chi connectivity index (χ0v) is 11.7. The summed E-state index contributed by atoms with van der Waals surface area (Å²) in [7, 11) is 0. The van der Waals surface area contributed by atoms with Gasteiger partial charge in [0.05, 0.1) is 6.42 Å². The van der Waals surface area contributed by atoms with Crippen LogP contribution in [0.2, 0.25) is 0 Å². The zero-order valence-electron chi connectivity index (χ0n) is 10.9. The highest BCUT2D eigenvalue weighted by atomic mass is 32.1. The zero-order chi connectivity index (χ0) is 13.0. The molecule has 0 amide bonds. The molecule has 0 atom stereocenters. The molecule has 0 radical (unpaired) electrons.